The van der Waals surface area contributed by atoms with Gasteiger partial charge in [-0.3, -0.25) is 9.79 Å². The Labute approximate surface area is 204 Å². The molecular weight excluding hydrogens is 533 g/mol. The van der Waals surface area contributed by atoms with Gasteiger partial charge in [-0.2, -0.15) is 8.78 Å². The summed E-state index contributed by atoms with van der Waals surface area (Å²) in [4.78, 5) is 15.4. The van der Waals surface area contributed by atoms with Crippen LogP contribution in [0, 0.1) is 0 Å². The van der Waals surface area contributed by atoms with E-state index in [-0.39, 0.29) is 42.2 Å². The van der Waals surface area contributed by atoms with E-state index < -0.39 is 6.61 Å². The number of aliphatic imine (C=N–C) groups is 1. The Morgan fingerprint density at radius 2 is 1.88 bits per heavy atom. The van der Waals surface area contributed by atoms with E-state index in [9.17, 15) is 13.6 Å². The quantitative estimate of drug-likeness (QED) is 0.226. The third kappa shape index (κ3) is 9.67. The second kappa shape index (κ2) is 14.4. The van der Waals surface area contributed by atoms with Crippen LogP contribution in [0.5, 0.6) is 11.5 Å². The molecule has 0 aliphatic carbocycles. The van der Waals surface area contributed by atoms with Gasteiger partial charge in [-0.15, -0.1) is 24.0 Å². The van der Waals surface area contributed by atoms with Gasteiger partial charge < -0.3 is 25.4 Å². The number of nitrogens with one attached hydrogen (secondary N) is 3. The minimum absolute atomic E-state index is 0. The van der Waals surface area contributed by atoms with Crippen molar-refractivity contribution < 1.29 is 23.0 Å². The number of guanidine groups is 1. The van der Waals surface area contributed by atoms with Gasteiger partial charge in [-0.1, -0.05) is 19.1 Å². The fourth-order valence-electron chi connectivity index (χ4n) is 2.74. The maximum Gasteiger partial charge on any atom is 0.387 e. The van der Waals surface area contributed by atoms with E-state index in [0.717, 1.165) is 12.0 Å². The Morgan fingerprint density at radius 1 is 1.12 bits per heavy atom. The molecule has 32 heavy (non-hydrogen) atoms. The number of hydrogen-bond donors (Lipinski definition) is 3. The molecule has 0 aliphatic heterocycles. The summed E-state index contributed by atoms with van der Waals surface area (Å²) in [5, 5.41) is 8.97. The van der Waals surface area contributed by atoms with Crippen LogP contribution in [0.25, 0.3) is 0 Å². The normalized spacial score (nSPS) is 10.9. The number of alkyl halides is 2. The van der Waals surface area contributed by atoms with E-state index in [4.69, 9.17) is 4.74 Å². The Bertz CT molecular complexity index is 897. The van der Waals surface area contributed by atoms with Crippen LogP contribution < -0.4 is 25.4 Å². The minimum atomic E-state index is -2.94. The summed E-state index contributed by atoms with van der Waals surface area (Å²) in [6.45, 7) is 1.65. The summed E-state index contributed by atoms with van der Waals surface area (Å²) in [6.07, 6.45) is 0.810. The number of ether oxygens (including phenoxy) is 2. The van der Waals surface area contributed by atoms with Gasteiger partial charge in [0.25, 0.3) is 0 Å². The van der Waals surface area contributed by atoms with Crippen LogP contribution in [0.3, 0.4) is 0 Å². The number of hydrogen-bond acceptors (Lipinski definition) is 4. The van der Waals surface area contributed by atoms with Crippen molar-refractivity contribution in [2.24, 2.45) is 4.99 Å². The zero-order valence-electron chi connectivity index (χ0n) is 18.3. The molecule has 7 nitrogen and oxygen atoms in total. The molecule has 0 bridgehead atoms. The summed E-state index contributed by atoms with van der Waals surface area (Å²) in [7, 11) is 1.61. The van der Waals surface area contributed by atoms with Crippen LogP contribution in [0.15, 0.2) is 47.5 Å². The first-order valence-corrected chi connectivity index (χ1v) is 9.92. The van der Waals surface area contributed by atoms with Crippen molar-refractivity contribution in [3.8, 4) is 11.5 Å². The van der Waals surface area contributed by atoms with Crippen molar-refractivity contribution in [1.29, 1.82) is 0 Å². The minimum Gasteiger partial charge on any atom is -0.493 e. The molecule has 1 amide bonds. The van der Waals surface area contributed by atoms with Crippen molar-refractivity contribution in [1.82, 2.24) is 10.6 Å². The van der Waals surface area contributed by atoms with Crippen molar-refractivity contribution in [2.45, 2.75) is 40.0 Å². The lowest BCUT2D eigenvalue weighted by molar-refractivity contribution is -0.114. The standard InChI is InChI=1S/C22H28F2N4O3.HI/c1-4-10-30-19-9-8-17(20(12-19)31-21(23)24)14-27-22(25-3)26-13-16-6-5-7-18(11-16)28-15(2)29;/h5-9,11-12,21H,4,10,13-14H2,1-3H3,(H,28,29)(H2,25,26,27);1H. The largest absolute Gasteiger partial charge is 0.493 e. The van der Waals surface area contributed by atoms with Gasteiger partial charge in [0.05, 0.1) is 6.61 Å². The highest BCUT2D eigenvalue weighted by Crippen LogP contribution is 2.26. The third-order valence-corrected chi connectivity index (χ3v) is 4.10. The van der Waals surface area contributed by atoms with Gasteiger partial charge >= 0.3 is 6.61 Å². The summed E-state index contributed by atoms with van der Waals surface area (Å²) >= 11 is 0. The molecule has 0 atom stereocenters. The van der Waals surface area contributed by atoms with Gasteiger partial charge in [0.1, 0.15) is 11.5 Å². The van der Waals surface area contributed by atoms with Crippen LogP contribution in [0.1, 0.15) is 31.4 Å². The zero-order chi connectivity index (χ0) is 22.6. The number of amides is 1. The Morgan fingerprint density at radius 3 is 2.53 bits per heavy atom. The molecule has 2 aromatic carbocycles. The SMILES string of the molecule is CCCOc1ccc(CNC(=NC)NCc2cccc(NC(C)=O)c2)c(OC(F)F)c1.I. The number of rotatable bonds is 10. The molecule has 2 aromatic rings. The van der Waals surface area contributed by atoms with Crippen molar-refractivity contribution in [3.05, 3.63) is 53.6 Å². The number of carbonyl (C=O) groups is 1. The number of anilines is 1. The maximum atomic E-state index is 12.8. The first kappa shape index (κ1) is 27.4. The van der Waals surface area contributed by atoms with Gasteiger partial charge in [0, 0.05) is 44.4 Å². The average molecular weight is 562 g/mol. The zero-order valence-corrected chi connectivity index (χ0v) is 20.6. The highest BCUT2D eigenvalue weighted by Gasteiger charge is 2.12. The summed E-state index contributed by atoms with van der Waals surface area (Å²) in [5.41, 5.74) is 2.18. The summed E-state index contributed by atoms with van der Waals surface area (Å²) in [6, 6.07) is 12.3. The molecule has 0 radical (unpaired) electrons. The average Bonchev–Trinajstić information content (AvgIpc) is 2.72. The van der Waals surface area contributed by atoms with Crippen molar-refractivity contribution >= 4 is 41.5 Å². The summed E-state index contributed by atoms with van der Waals surface area (Å²) in [5.74, 6) is 0.868. The number of benzene rings is 2. The van der Waals surface area contributed by atoms with Crippen LogP contribution >= 0.6 is 24.0 Å². The molecule has 0 saturated carbocycles. The second-order valence-electron chi connectivity index (χ2n) is 6.66. The van der Waals surface area contributed by atoms with Crippen molar-refractivity contribution in [3.63, 3.8) is 0 Å². The van der Waals surface area contributed by atoms with Crippen LogP contribution in [-0.4, -0.2) is 32.1 Å². The van der Waals surface area contributed by atoms with E-state index >= 15 is 0 Å². The molecule has 0 saturated heterocycles. The highest BCUT2D eigenvalue weighted by atomic mass is 127. The molecule has 176 valence electrons. The van der Waals surface area contributed by atoms with Crippen LogP contribution in [0.4, 0.5) is 14.5 Å². The molecule has 0 spiro atoms. The molecule has 2 rings (SSSR count). The van der Waals surface area contributed by atoms with Crippen LogP contribution in [-0.2, 0) is 17.9 Å². The van der Waals surface area contributed by atoms with Gasteiger partial charge in [0.15, 0.2) is 5.96 Å². The number of carbonyl (C=O) groups excluding carboxylic acids is 1. The maximum absolute atomic E-state index is 12.8. The van der Waals surface area contributed by atoms with Crippen molar-refractivity contribution in [2.75, 3.05) is 19.0 Å². The predicted molar refractivity (Wildman–Crippen MR) is 132 cm³/mol. The molecule has 0 aromatic heterocycles. The van der Waals surface area contributed by atoms with Gasteiger partial charge in [-0.05, 0) is 36.2 Å². The molecule has 10 heteroatoms. The first-order valence-electron chi connectivity index (χ1n) is 9.92. The topological polar surface area (TPSA) is 84.0 Å². The molecule has 0 fully saturated rings. The second-order valence-corrected chi connectivity index (χ2v) is 6.66. The number of halogens is 3. The van der Waals surface area contributed by atoms with E-state index in [0.29, 0.717) is 36.1 Å². The predicted octanol–water partition coefficient (Wildman–Crippen LogP) is 4.52. The van der Waals surface area contributed by atoms with Gasteiger partial charge in [-0.25, -0.2) is 0 Å². The van der Waals surface area contributed by atoms with E-state index in [1.165, 1.54) is 13.0 Å². The van der Waals surface area contributed by atoms with Gasteiger partial charge in [0.2, 0.25) is 5.91 Å². The summed E-state index contributed by atoms with van der Waals surface area (Å²) < 4.78 is 35.8. The molecular formula is C22H29F2IN4O3. The van der Waals surface area contributed by atoms with Crippen LogP contribution in [0.2, 0.25) is 0 Å². The Hall–Kier alpha value is -2.63. The fourth-order valence-corrected chi connectivity index (χ4v) is 2.74. The number of nitrogens with zero attached hydrogens (tertiary/aromatic N) is 1. The Kier molecular flexibility index (Phi) is 12.4. The molecule has 0 aliphatic rings. The lowest BCUT2D eigenvalue weighted by Gasteiger charge is -2.16. The van der Waals surface area contributed by atoms with E-state index in [1.54, 1.807) is 25.2 Å². The third-order valence-electron chi connectivity index (χ3n) is 4.10. The Balaban J connectivity index is 0.00000512. The molecule has 0 unspecified atom stereocenters. The monoisotopic (exact) mass is 562 g/mol. The molecule has 3 N–H and O–H groups in total. The highest BCUT2D eigenvalue weighted by molar-refractivity contribution is 14.0. The lowest BCUT2D eigenvalue weighted by Crippen LogP contribution is -2.36. The molecule has 0 heterocycles. The first-order chi connectivity index (χ1) is 14.9. The van der Waals surface area contributed by atoms with E-state index in [2.05, 4.69) is 25.7 Å². The smallest absolute Gasteiger partial charge is 0.387 e. The van der Waals surface area contributed by atoms with E-state index in [1.807, 2.05) is 25.1 Å². The lowest BCUT2D eigenvalue weighted by atomic mass is 10.2. The fraction of sp³-hybridized carbons (Fsp3) is 0.364.